The van der Waals surface area contributed by atoms with E-state index in [1.807, 2.05) is 36.4 Å². The van der Waals surface area contributed by atoms with Crippen LogP contribution in [-0.4, -0.2) is 20.0 Å². The lowest BCUT2D eigenvalue weighted by molar-refractivity contribution is 0.628. The standard InChI is InChI=1S/C22H15Cl2FN4/c23-17-5-4-16(21(24)14-17)13-19-8-10-22(28-27-19)29-20(11-12-26-29)9-3-15-1-6-18(25)7-2-15/h1-12,14H,13H2. The van der Waals surface area contributed by atoms with Crippen LogP contribution in [0.3, 0.4) is 0 Å². The van der Waals surface area contributed by atoms with Crippen LogP contribution in [0.15, 0.2) is 66.9 Å². The van der Waals surface area contributed by atoms with E-state index >= 15 is 0 Å². The minimum atomic E-state index is -0.262. The summed E-state index contributed by atoms with van der Waals surface area (Å²) in [4.78, 5) is 0. The fourth-order valence-corrected chi connectivity index (χ4v) is 3.28. The highest BCUT2D eigenvalue weighted by Gasteiger charge is 2.08. The summed E-state index contributed by atoms with van der Waals surface area (Å²) >= 11 is 12.2. The first-order valence-corrected chi connectivity index (χ1v) is 9.59. The fraction of sp³-hybridized carbons (Fsp3) is 0.0455. The number of benzene rings is 2. The molecule has 0 atom stereocenters. The molecular formula is C22H15Cl2FN4. The summed E-state index contributed by atoms with van der Waals surface area (Å²) in [6.45, 7) is 0. The zero-order chi connectivity index (χ0) is 20.2. The van der Waals surface area contributed by atoms with E-state index in [2.05, 4.69) is 15.3 Å². The van der Waals surface area contributed by atoms with Crippen molar-refractivity contribution in [2.75, 3.05) is 0 Å². The summed E-state index contributed by atoms with van der Waals surface area (Å²) in [7, 11) is 0. The van der Waals surface area contributed by atoms with Gasteiger partial charge in [0, 0.05) is 16.5 Å². The highest BCUT2D eigenvalue weighted by molar-refractivity contribution is 6.35. The lowest BCUT2D eigenvalue weighted by Gasteiger charge is -2.06. The van der Waals surface area contributed by atoms with Crippen molar-refractivity contribution in [1.82, 2.24) is 20.0 Å². The average molecular weight is 425 g/mol. The number of hydrogen-bond acceptors (Lipinski definition) is 3. The van der Waals surface area contributed by atoms with Gasteiger partial charge in [-0.15, -0.1) is 5.10 Å². The average Bonchev–Trinajstić information content (AvgIpc) is 3.19. The smallest absolute Gasteiger partial charge is 0.176 e. The molecular weight excluding hydrogens is 410 g/mol. The largest absolute Gasteiger partial charge is 0.214 e. The third-order valence-corrected chi connectivity index (χ3v) is 4.88. The minimum Gasteiger partial charge on any atom is -0.214 e. The second kappa shape index (κ2) is 8.55. The van der Waals surface area contributed by atoms with Crippen molar-refractivity contribution in [2.45, 2.75) is 6.42 Å². The van der Waals surface area contributed by atoms with E-state index in [1.165, 1.54) is 12.1 Å². The molecule has 0 bridgehead atoms. The maximum Gasteiger partial charge on any atom is 0.176 e. The molecule has 0 radical (unpaired) electrons. The minimum absolute atomic E-state index is 0.262. The number of aromatic nitrogens is 4. The molecule has 2 heterocycles. The zero-order valence-electron chi connectivity index (χ0n) is 15.1. The molecule has 0 N–H and O–H groups in total. The number of nitrogens with zero attached hydrogens (tertiary/aromatic N) is 4. The quantitative estimate of drug-likeness (QED) is 0.402. The van der Waals surface area contributed by atoms with Crippen LogP contribution < -0.4 is 0 Å². The molecule has 0 aliphatic carbocycles. The highest BCUT2D eigenvalue weighted by Crippen LogP contribution is 2.23. The Morgan fingerprint density at radius 3 is 2.45 bits per heavy atom. The van der Waals surface area contributed by atoms with Gasteiger partial charge in [0.1, 0.15) is 5.82 Å². The van der Waals surface area contributed by atoms with Crippen LogP contribution in [0.25, 0.3) is 18.0 Å². The molecule has 4 nitrogen and oxygen atoms in total. The van der Waals surface area contributed by atoms with E-state index < -0.39 is 0 Å². The van der Waals surface area contributed by atoms with Crippen molar-refractivity contribution in [3.63, 3.8) is 0 Å². The molecule has 7 heteroatoms. The van der Waals surface area contributed by atoms with Crippen molar-refractivity contribution in [3.8, 4) is 5.82 Å². The molecule has 2 aromatic carbocycles. The molecule has 0 aliphatic rings. The molecule has 0 amide bonds. The Labute approximate surface area is 177 Å². The number of rotatable bonds is 5. The van der Waals surface area contributed by atoms with Crippen LogP contribution in [0, 0.1) is 5.82 Å². The molecule has 4 aromatic rings. The van der Waals surface area contributed by atoms with Gasteiger partial charge >= 0.3 is 0 Å². The van der Waals surface area contributed by atoms with Crippen LogP contribution in [0.5, 0.6) is 0 Å². The van der Waals surface area contributed by atoms with Crippen molar-refractivity contribution in [1.29, 1.82) is 0 Å². The van der Waals surface area contributed by atoms with Gasteiger partial charge in [0.15, 0.2) is 5.82 Å². The molecule has 0 spiro atoms. The Morgan fingerprint density at radius 1 is 0.897 bits per heavy atom. The van der Waals surface area contributed by atoms with E-state index in [0.29, 0.717) is 22.3 Å². The molecule has 29 heavy (non-hydrogen) atoms. The monoisotopic (exact) mass is 424 g/mol. The summed E-state index contributed by atoms with van der Waals surface area (Å²) in [5.41, 5.74) is 3.44. The van der Waals surface area contributed by atoms with Gasteiger partial charge in [0.05, 0.1) is 17.6 Å². The Hall–Kier alpha value is -3.02. The van der Waals surface area contributed by atoms with Gasteiger partial charge in [-0.1, -0.05) is 47.5 Å². The summed E-state index contributed by atoms with van der Waals surface area (Å²) in [5.74, 6) is 0.335. The molecule has 0 saturated carbocycles. The second-order valence-corrected chi connectivity index (χ2v) is 7.19. The third kappa shape index (κ3) is 4.70. The van der Waals surface area contributed by atoms with E-state index in [9.17, 15) is 4.39 Å². The number of hydrogen-bond donors (Lipinski definition) is 0. The maximum absolute atomic E-state index is 13.0. The van der Waals surface area contributed by atoms with Crippen LogP contribution in [-0.2, 0) is 6.42 Å². The van der Waals surface area contributed by atoms with E-state index in [-0.39, 0.29) is 5.82 Å². The predicted molar refractivity (Wildman–Crippen MR) is 114 cm³/mol. The molecule has 0 saturated heterocycles. The van der Waals surface area contributed by atoms with Gasteiger partial charge in [-0.05, 0) is 59.7 Å². The molecule has 0 unspecified atom stereocenters. The van der Waals surface area contributed by atoms with Crippen LogP contribution in [0.2, 0.25) is 10.0 Å². The molecule has 2 aromatic heterocycles. The first-order chi connectivity index (χ1) is 14.1. The zero-order valence-corrected chi connectivity index (χ0v) is 16.6. The molecule has 4 rings (SSSR count). The first kappa shape index (κ1) is 19.3. The summed E-state index contributed by atoms with van der Waals surface area (Å²) in [6.07, 6.45) is 6.02. The SMILES string of the molecule is Fc1ccc(C=Cc2ccnn2-c2ccc(Cc3ccc(Cl)cc3Cl)nn2)cc1. The summed E-state index contributed by atoms with van der Waals surface area (Å²) < 4.78 is 14.7. The predicted octanol–water partition coefficient (Wildman–Crippen LogP) is 5.87. The lowest BCUT2D eigenvalue weighted by Crippen LogP contribution is -2.04. The van der Waals surface area contributed by atoms with Crippen molar-refractivity contribution < 1.29 is 4.39 Å². The normalized spacial score (nSPS) is 11.3. The second-order valence-electron chi connectivity index (χ2n) is 6.35. The number of halogens is 3. The maximum atomic E-state index is 13.0. The van der Waals surface area contributed by atoms with Gasteiger partial charge in [0.2, 0.25) is 0 Å². The van der Waals surface area contributed by atoms with Gasteiger partial charge in [-0.25, -0.2) is 9.07 Å². The van der Waals surface area contributed by atoms with Crippen LogP contribution >= 0.6 is 23.2 Å². The van der Waals surface area contributed by atoms with E-state index in [4.69, 9.17) is 23.2 Å². The third-order valence-electron chi connectivity index (χ3n) is 4.30. The van der Waals surface area contributed by atoms with Crippen molar-refractivity contribution >= 4 is 35.4 Å². The van der Waals surface area contributed by atoms with E-state index in [1.54, 1.807) is 35.1 Å². The fourth-order valence-electron chi connectivity index (χ4n) is 2.81. The van der Waals surface area contributed by atoms with Crippen molar-refractivity contribution in [2.24, 2.45) is 0 Å². The van der Waals surface area contributed by atoms with Gasteiger partial charge in [-0.2, -0.15) is 10.2 Å². The summed E-state index contributed by atoms with van der Waals surface area (Å²) in [5, 5.41) is 14.1. The first-order valence-electron chi connectivity index (χ1n) is 8.83. The molecule has 0 aliphatic heterocycles. The topological polar surface area (TPSA) is 43.6 Å². The van der Waals surface area contributed by atoms with Gasteiger partial charge < -0.3 is 0 Å². The molecule has 144 valence electrons. The highest BCUT2D eigenvalue weighted by atomic mass is 35.5. The summed E-state index contributed by atoms with van der Waals surface area (Å²) in [6, 6.07) is 17.3. The van der Waals surface area contributed by atoms with Gasteiger partial charge in [0.25, 0.3) is 0 Å². The lowest BCUT2D eigenvalue weighted by atomic mass is 10.1. The molecule has 0 fully saturated rings. The Balaban J connectivity index is 1.52. The van der Waals surface area contributed by atoms with Gasteiger partial charge in [-0.3, -0.25) is 0 Å². The van der Waals surface area contributed by atoms with Crippen molar-refractivity contribution in [3.05, 3.63) is 105 Å². The van der Waals surface area contributed by atoms with Crippen LogP contribution in [0.1, 0.15) is 22.5 Å². The Bertz CT molecular complexity index is 1150. The van der Waals surface area contributed by atoms with Crippen LogP contribution in [0.4, 0.5) is 4.39 Å². The Kier molecular flexibility index (Phi) is 5.69. The Morgan fingerprint density at radius 2 is 1.72 bits per heavy atom. The van der Waals surface area contributed by atoms with E-state index in [0.717, 1.165) is 22.5 Å².